The molecule has 0 unspecified atom stereocenters. The SMILES string of the molecule is CC.CCOc1ccc2nc(C3=CC=C(OC[C@H](C)NC(=O)C(F)F)CN3)oc2c1.[HH]. The van der Waals surface area contributed by atoms with E-state index >= 15 is 0 Å². The maximum Gasteiger partial charge on any atom is 0.315 e. The van der Waals surface area contributed by atoms with E-state index in [0.29, 0.717) is 41.8 Å². The number of carbonyl (C=O) groups is 1. The molecular weight excluding hydrogens is 396 g/mol. The molecule has 0 aliphatic carbocycles. The van der Waals surface area contributed by atoms with Gasteiger partial charge in [0.15, 0.2) is 5.58 Å². The first kappa shape index (κ1) is 23.2. The average molecular weight is 425 g/mol. The Labute approximate surface area is 175 Å². The smallest absolute Gasteiger partial charge is 0.315 e. The third-order valence-electron chi connectivity index (χ3n) is 3.90. The number of hydrogen-bond donors (Lipinski definition) is 2. The Kier molecular flexibility index (Phi) is 8.64. The van der Waals surface area contributed by atoms with Crippen molar-refractivity contribution in [2.75, 3.05) is 19.8 Å². The minimum Gasteiger partial charge on any atom is -0.494 e. The van der Waals surface area contributed by atoms with Gasteiger partial charge in [0.05, 0.1) is 24.9 Å². The van der Waals surface area contributed by atoms with Crippen LogP contribution in [0, 0.1) is 0 Å². The Bertz CT molecular complexity index is 915. The Hall–Kier alpha value is -3.10. The van der Waals surface area contributed by atoms with Gasteiger partial charge in [-0.15, -0.1) is 0 Å². The fraction of sp³-hybridized carbons (Fsp3) is 0.429. The Balaban J connectivity index is 0.00000156. The van der Waals surface area contributed by atoms with Gasteiger partial charge in [0.1, 0.15) is 23.6 Å². The van der Waals surface area contributed by atoms with E-state index in [0.717, 1.165) is 5.52 Å². The van der Waals surface area contributed by atoms with Gasteiger partial charge in [-0.1, -0.05) is 13.8 Å². The number of alkyl halides is 2. The molecule has 2 N–H and O–H groups in total. The number of ether oxygens (including phenoxy) is 2. The quantitative estimate of drug-likeness (QED) is 0.662. The minimum atomic E-state index is -3.04. The number of fused-ring (bicyclic) bond motifs is 1. The number of dihydropyridines is 1. The molecule has 2 heterocycles. The number of benzene rings is 1. The van der Waals surface area contributed by atoms with E-state index in [-0.39, 0.29) is 8.03 Å². The molecule has 0 saturated carbocycles. The van der Waals surface area contributed by atoms with Crippen LogP contribution in [0.25, 0.3) is 16.8 Å². The maximum absolute atomic E-state index is 12.2. The molecule has 1 aliphatic heterocycles. The van der Waals surface area contributed by atoms with Gasteiger partial charge in [0, 0.05) is 7.49 Å². The second kappa shape index (κ2) is 11.2. The van der Waals surface area contributed by atoms with E-state index in [2.05, 4.69) is 15.6 Å². The van der Waals surface area contributed by atoms with Crippen molar-refractivity contribution < 1.29 is 28.9 Å². The zero-order valence-electron chi connectivity index (χ0n) is 17.5. The first-order chi connectivity index (χ1) is 14.5. The first-order valence-corrected chi connectivity index (χ1v) is 9.86. The summed E-state index contributed by atoms with van der Waals surface area (Å²) in [7, 11) is 0. The van der Waals surface area contributed by atoms with Crippen LogP contribution < -0.4 is 15.4 Å². The molecule has 7 nitrogen and oxygen atoms in total. The summed E-state index contributed by atoms with van der Waals surface area (Å²) in [5.41, 5.74) is 2.04. The number of nitrogens with zero attached hydrogens (tertiary/aromatic N) is 1. The highest BCUT2D eigenvalue weighted by molar-refractivity contribution is 5.79. The van der Waals surface area contributed by atoms with Crippen LogP contribution in [0.15, 0.2) is 40.5 Å². The van der Waals surface area contributed by atoms with Gasteiger partial charge in [-0.3, -0.25) is 4.79 Å². The topological polar surface area (TPSA) is 85.6 Å². The summed E-state index contributed by atoms with van der Waals surface area (Å²) in [6, 6.07) is 4.92. The Morgan fingerprint density at radius 1 is 1.33 bits per heavy atom. The number of rotatable bonds is 8. The monoisotopic (exact) mass is 425 g/mol. The van der Waals surface area contributed by atoms with Crippen LogP contribution in [0.5, 0.6) is 5.75 Å². The lowest BCUT2D eigenvalue weighted by atomic mass is 10.2. The molecule has 9 heteroatoms. The molecule has 166 valence electrons. The fourth-order valence-corrected chi connectivity index (χ4v) is 2.58. The van der Waals surface area contributed by atoms with Gasteiger partial charge in [0.2, 0.25) is 5.89 Å². The van der Waals surface area contributed by atoms with Crippen LogP contribution in [0.4, 0.5) is 8.78 Å². The number of allylic oxidation sites excluding steroid dienone is 2. The second-order valence-corrected chi connectivity index (χ2v) is 6.17. The molecule has 0 radical (unpaired) electrons. The number of amides is 1. The van der Waals surface area contributed by atoms with Gasteiger partial charge in [-0.25, -0.2) is 4.98 Å². The summed E-state index contributed by atoms with van der Waals surface area (Å²) in [5.74, 6) is 0.456. The van der Waals surface area contributed by atoms with Gasteiger partial charge in [-0.05, 0) is 38.1 Å². The summed E-state index contributed by atoms with van der Waals surface area (Å²) >= 11 is 0. The van der Waals surface area contributed by atoms with Crippen molar-refractivity contribution >= 4 is 22.7 Å². The maximum atomic E-state index is 12.2. The van der Waals surface area contributed by atoms with Crippen molar-refractivity contribution in [3.63, 3.8) is 0 Å². The number of aromatic nitrogens is 1. The van der Waals surface area contributed by atoms with E-state index in [1.807, 2.05) is 32.9 Å². The molecule has 0 spiro atoms. The normalized spacial score (nSPS) is 14.1. The number of oxazole rings is 1. The van der Waals surface area contributed by atoms with Crippen LogP contribution >= 0.6 is 0 Å². The van der Waals surface area contributed by atoms with Crippen LogP contribution in [-0.4, -0.2) is 43.1 Å². The summed E-state index contributed by atoms with van der Waals surface area (Å²) in [6.45, 7) is 8.53. The molecule has 1 aromatic carbocycles. The molecule has 3 rings (SSSR count). The van der Waals surface area contributed by atoms with Crippen molar-refractivity contribution in [2.24, 2.45) is 0 Å². The molecule has 2 aromatic rings. The van der Waals surface area contributed by atoms with Crippen LogP contribution in [-0.2, 0) is 9.53 Å². The van der Waals surface area contributed by atoms with Crippen LogP contribution in [0.3, 0.4) is 0 Å². The predicted octanol–water partition coefficient (Wildman–Crippen LogP) is 4.11. The molecule has 30 heavy (non-hydrogen) atoms. The summed E-state index contributed by atoms with van der Waals surface area (Å²) in [5, 5.41) is 5.31. The van der Waals surface area contributed by atoms with Crippen molar-refractivity contribution in [1.29, 1.82) is 0 Å². The molecule has 1 aliphatic rings. The Morgan fingerprint density at radius 2 is 2.10 bits per heavy atom. The third kappa shape index (κ3) is 6.20. The van der Waals surface area contributed by atoms with E-state index in [4.69, 9.17) is 13.9 Å². The number of hydrogen-bond acceptors (Lipinski definition) is 6. The molecular formula is C21H29F2N3O4. The van der Waals surface area contributed by atoms with E-state index in [9.17, 15) is 13.6 Å². The van der Waals surface area contributed by atoms with E-state index in [1.165, 1.54) is 0 Å². The lowest BCUT2D eigenvalue weighted by Gasteiger charge is -2.19. The summed E-state index contributed by atoms with van der Waals surface area (Å²) in [4.78, 5) is 15.4. The Morgan fingerprint density at radius 3 is 2.73 bits per heavy atom. The molecule has 0 bridgehead atoms. The molecule has 0 saturated heterocycles. The lowest BCUT2D eigenvalue weighted by molar-refractivity contribution is -0.132. The first-order valence-electron chi connectivity index (χ1n) is 9.86. The highest BCUT2D eigenvalue weighted by atomic mass is 19.3. The molecule has 1 amide bonds. The van der Waals surface area contributed by atoms with Crippen molar-refractivity contribution in [3.05, 3.63) is 42.0 Å². The van der Waals surface area contributed by atoms with Crippen molar-refractivity contribution in [2.45, 2.75) is 40.2 Å². The fourth-order valence-electron chi connectivity index (χ4n) is 2.58. The highest BCUT2D eigenvalue weighted by Crippen LogP contribution is 2.25. The summed E-state index contributed by atoms with van der Waals surface area (Å²) in [6.07, 6.45) is 0.466. The van der Waals surface area contributed by atoms with Crippen LogP contribution in [0.1, 0.15) is 35.0 Å². The zero-order chi connectivity index (χ0) is 22.1. The van der Waals surface area contributed by atoms with Gasteiger partial charge in [0.25, 0.3) is 5.91 Å². The van der Waals surface area contributed by atoms with Gasteiger partial charge >= 0.3 is 6.43 Å². The molecule has 1 atom stereocenters. The second-order valence-electron chi connectivity index (χ2n) is 6.17. The van der Waals surface area contributed by atoms with Crippen molar-refractivity contribution in [3.8, 4) is 5.75 Å². The van der Waals surface area contributed by atoms with Gasteiger partial charge in [-0.2, -0.15) is 8.78 Å². The lowest BCUT2D eigenvalue weighted by Crippen LogP contribution is -2.39. The molecule has 0 fully saturated rings. The standard InChI is InChI=1S/C19H21F2N3O4.C2H6.H2/c1-3-26-12-4-6-14-16(8-12)28-19(24-14)15-7-5-13(9-22-15)27-10-11(2)23-18(25)17(20)21;1-2;/h4-8,11,17,22H,3,9-10H2,1-2H3,(H,23,25);1-2H3;1H/t11-;;/m0../s1. The predicted molar refractivity (Wildman–Crippen MR) is 112 cm³/mol. The number of halogens is 2. The minimum absolute atomic E-state index is 0. The third-order valence-corrected chi connectivity index (χ3v) is 3.90. The largest absolute Gasteiger partial charge is 0.494 e. The zero-order valence-corrected chi connectivity index (χ0v) is 17.5. The van der Waals surface area contributed by atoms with Crippen molar-refractivity contribution in [1.82, 2.24) is 15.6 Å². The number of carbonyl (C=O) groups excluding carboxylic acids is 1. The van der Waals surface area contributed by atoms with Gasteiger partial charge < -0.3 is 24.5 Å². The average Bonchev–Trinajstić information content (AvgIpc) is 3.17. The summed E-state index contributed by atoms with van der Waals surface area (Å²) < 4.78 is 41.2. The highest BCUT2D eigenvalue weighted by Gasteiger charge is 2.19. The molecule has 1 aromatic heterocycles. The number of nitrogens with one attached hydrogen (secondary N) is 2. The van der Waals surface area contributed by atoms with Crippen LogP contribution in [0.2, 0.25) is 0 Å². The van der Waals surface area contributed by atoms with E-state index < -0.39 is 18.4 Å². The van der Waals surface area contributed by atoms with E-state index in [1.54, 1.807) is 25.1 Å².